The summed E-state index contributed by atoms with van der Waals surface area (Å²) in [6.07, 6.45) is 0. The Morgan fingerprint density at radius 2 is 1.69 bits per heavy atom. The molecule has 0 bridgehead atoms. The molecule has 0 aliphatic heterocycles. The van der Waals surface area contributed by atoms with Gasteiger partial charge in [-0.05, 0) is 46.3 Å². The molecule has 6 nitrogen and oxygen atoms in total. The molecular weight excluding hydrogens is 465 g/mol. The summed E-state index contributed by atoms with van der Waals surface area (Å²) < 4.78 is 7.59. The maximum atomic E-state index is 6.17. The zero-order valence-electron chi connectivity index (χ0n) is 17.2. The highest BCUT2D eigenvalue weighted by Gasteiger charge is 2.08. The highest BCUT2D eigenvalue weighted by Crippen LogP contribution is 2.19. The highest BCUT2D eigenvalue weighted by molar-refractivity contribution is 7.99. The van der Waals surface area contributed by atoms with Crippen molar-refractivity contribution in [2.24, 2.45) is 0 Å². The highest BCUT2D eigenvalue weighted by atomic mass is 35.5. The molecule has 4 rings (SSSR count). The molecule has 0 saturated heterocycles. The fraction of sp³-hybridized carbons (Fsp3) is 0.174. The Balaban J connectivity index is 0.00000289. The summed E-state index contributed by atoms with van der Waals surface area (Å²) >= 11 is 7.79. The van der Waals surface area contributed by atoms with Gasteiger partial charge in [0.1, 0.15) is 12.4 Å². The molecule has 166 valence electrons. The fourth-order valence-electron chi connectivity index (χ4n) is 2.93. The smallest absolute Gasteiger partial charge is 0.214 e. The molecule has 0 aliphatic carbocycles. The van der Waals surface area contributed by atoms with Crippen LogP contribution >= 0.6 is 35.8 Å². The van der Waals surface area contributed by atoms with Crippen LogP contribution in [0.4, 0.5) is 0 Å². The van der Waals surface area contributed by atoms with Crippen LogP contribution in [0.5, 0.6) is 5.75 Å². The second-order valence-electron chi connectivity index (χ2n) is 6.76. The van der Waals surface area contributed by atoms with Gasteiger partial charge in [-0.25, -0.2) is 0 Å². The van der Waals surface area contributed by atoms with Crippen LogP contribution in [-0.4, -0.2) is 32.5 Å². The molecular formula is C23H23Cl2N5OS. The van der Waals surface area contributed by atoms with Crippen molar-refractivity contribution in [3.8, 4) is 11.4 Å². The lowest BCUT2D eigenvalue weighted by Gasteiger charge is -2.09. The minimum atomic E-state index is 0. The Labute approximate surface area is 202 Å². The summed E-state index contributed by atoms with van der Waals surface area (Å²) in [6.45, 7) is 2.09. The van der Waals surface area contributed by atoms with Crippen LogP contribution in [0.3, 0.4) is 0 Å². The van der Waals surface area contributed by atoms with Gasteiger partial charge in [-0.15, -0.1) is 17.5 Å². The van der Waals surface area contributed by atoms with E-state index in [1.165, 1.54) is 5.56 Å². The summed E-state index contributed by atoms with van der Waals surface area (Å²) in [6, 6.07) is 25.7. The number of thioether (sulfide) groups is 1. The first-order valence-corrected chi connectivity index (χ1v) is 11.3. The molecule has 3 aromatic carbocycles. The molecule has 0 radical (unpaired) electrons. The molecule has 0 unspecified atom stereocenters. The van der Waals surface area contributed by atoms with Crippen molar-refractivity contribution in [3.05, 3.63) is 95.0 Å². The average Bonchev–Trinajstić information content (AvgIpc) is 3.28. The largest absolute Gasteiger partial charge is 0.489 e. The predicted molar refractivity (Wildman–Crippen MR) is 131 cm³/mol. The van der Waals surface area contributed by atoms with Crippen molar-refractivity contribution in [1.82, 2.24) is 25.5 Å². The second-order valence-corrected chi connectivity index (χ2v) is 8.23. The van der Waals surface area contributed by atoms with Gasteiger partial charge in [-0.1, -0.05) is 71.9 Å². The molecule has 32 heavy (non-hydrogen) atoms. The summed E-state index contributed by atoms with van der Waals surface area (Å²) in [5.41, 5.74) is 3.13. The van der Waals surface area contributed by atoms with Crippen molar-refractivity contribution >= 4 is 35.8 Å². The molecule has 1 aromatic heterocycles. The first-order valence-electron chi connectivity index (χ1n) is 9.92. The monoisotopic (exact) mass is 487 g/mol. The van der Waals surface area contributed by atoms with Crippen LogP contribution in [0.15, 0.2) is 84.0 Å². The maximum absolute atomic E-state index is 6.17. The standard InChI is InChI=1S/C23H22ClN5OS.ClH/c24-22-9-5-4-6-19(22)17-30-21-12-10-18(11-13-21)16-25-14-15-31-23-26-27-28-29(23)20-7-2-1-3-8-20;/h1-13,25H,14-17H2;1H. The third kappa shape index (κ3) is 6.71. The molecule has 1 N–H and O–H groups in total. The average molecular weight is 488 g/mol. The van der Waals surface area contributed by atoms with E-state index in [4.69, 9.17) is 16.3 Å². The van der Waals surface area contributed by atoms with E-state index in [2.05, 4.69) is 33.0 Å². The summed E-state index contributed by atoms with van der Waals surface area (Å²) in [7, 11) is 0. The molecule has 0 aliphatic rings. The van der Waals surface area contributed by atoms with Gasteiger partial charge in [0.2, 0.25) is 5.16 Å². The molecule has 0 fully saturated rings. The normalized spacial score (nSPS) is 10.5. The number of hydrogen-bond acceptors (Lipinski definition) is 6. The number of rotatable bonds is 10. The summed E-state index contributed by atoms with van der Waals surface area (Å²) in [5, 5.41) is 16.9. The van der Waals surface area contributed by atoms with Crippen molar-refractivity contribution in [2.75, 3.05) is 12.3 Å². The molecule has 9 heteroatoms. The summed E-state index contributed by atoms with van der Waals surface area (Å²) in [5.74, 6) is 1.69. The van der Waals surface area contributed by atoms with Gasteiger partial charge >= 0.3 is 0 Å². The Hall–Kier alpha value is -2.58. The van der Waals surface area contributed by atoms with Crippen molar-refractivity contribution in [2.45, 2.75) is 18.3 Å². The Kier molecular flexibility index (Phi) is 9.37. The van der Waals surface area contributed by atoms with Gasteiger partial charge in [0.05, 0.1) is 5.69 Å². The number of halogens is 2. The number of aromatic nitrogens is 4. The topological polar surface area (TPSA) is 64.9 Å². The molecule has 0 amide bonds. The van der Waals surface area contributed by atoms with Crippen LogP contribution in [0.1, 0.15) is 11.1 Å². The van der Waals surface area contributed by atoms with Gasteiger partial charge < -0.3 is 10.1 Å². The van der Waals surface area contributed by atoms with Gasteiger partial charge in [0.25, 0.3) is 0 Å². The lowest BCUT2D eigenvalue weighted by molar-refractivity contribution is 0.306. The molecule has 0 saturated carbocycles. The minimum absolute atomic E-state index is 0. The third-order valence-electron chi connectivity index (χ3n) is 4.56. The number of nitrogens with zero attached hydrogens (tertiary/aromatic N) is 4. The summed E-state index contributed by atoms with van der Waals surface area (Å²) in [4.78, 5) is 0. The van der Waals surface area contributed by atoms with E-state index in [9.17, 15) is 0 Å². The van der Waals surface area contributed by atoms with Crippen molar-refractivity contribution in [3.63, 3.8) is 0 Å². The minimum Gasteiger partial charge on any atom is -0.489 e. The number of tetrazole rings is 1. The predicted octanol–water partition coefficient (Wildman–Crippen LogP) is 5.20. The fourth-order valence-corrected chi connectivity index (χ4v) is 3.91. The van der Waals surface area contributed by atoms with E-state index in [1.807, 2.05) is 66.7 Å². The first-order chi connectivity index (χ1) is 15.3. The lowest BCUT2D eigenvalue weighted by atomic mass is 10.2. The lowest BCUT2D eigenvalue weighted by Crippen LogP contribution is -2.16. The van der Waals surface area contributed by atoms with E-state index in [-0.39, 0.29) is 12.4 Å². The van der Waals surface area contributed by atoms with E-state index in [0.717, 1.165) is 46.0 Å². The molecule has 0 spiro atoms. The Bertz CT molecular complexity index is 1090. The first kappa shape index (κ1) is 24.1. The van der Waals surface area contributed by atoms with Crippen molar-refractivity contribution in [1.29, 1.82) is 0 Å². The number of nitrogens with one attached hydrogen (secondary N) is 1. The van der Waals surface area contributed by atoms with Gasteiger partial charge in [-0.2, -0.15) is 4.68 Å². The number of hydrogen-bond donors (Lipinski definition) is 1. The van der Waals surface area contributed by atoms with Crippen LogP contribution < -0.4 is 10.1 Å². The van der Waals surface area contributed by atoms with Crippen LogP contribution in [0.25, 0.3) is 5.69 Å². The van der Waals surface area contributed by atoms with Crippen LogP contribution in [0.2, 0.25) is 5.02 Å². The molecule has 0 atom stereocenters. The number of para-hydroxylation sites is 1. The number of ether oxygens (including phenoxy) is 1. The zero-order chi connectivity index (χ0) is 21.3. The van der Waals surface area contributed by atoms with E-state index in [1.54, 1.807) is 16.4 Å². The second kappa shape index (κ2) is 12.5. The molecule has 4 aromatic rings. The van der Waals surface area contributed by atoms with Crippen LogP contribution in [0, 0.1) is 0 Å². The van der Waals surface area contributed by atoms with E-state index >= 15 is 0 Å². The quantitative estimate of drug-likeness (QED) is 0.245. The zero-order valence-corrected chi connectivity index (χ0v) is 19.6. The van der Waals surface area contributed by atoms with Gasteiger partial charge in [0, 0.05) is 29.4 Å². The van der Waals surface area contributed by atoms with E-state index < -0.39 is 0 Å². The van der Waals surface area contributed by atoms with Crippen LogP contribution in [-0.2, 0) is 13.2 Å². The van der Waals surface area contributed by atoms with E-state index in [0.29, 0.717) is 6.61 Å². The third-order valence-corrected chi connectivity index (χ3v) is 5.85. The van der Waals surface area contributed by atoms with Crippen molar-refractivity contribution < 1.29 is 4.74 Å². The maximum Gasteiger partial charge on any atom is 0.214 e. The Morgan fingerprint density at radius 1 is 0.938 bits per heavy atom. The Morgan fingerprint density at radius 3 is 2.47 bits per heavy atom. The number of benzene rings is 3. The molecule has 1 heterocycles. The SMILES string of the molecule is Cl.Clc1ccccc1COc1ccc(CNCCSc2nnnn2-c2ccccc2)cc1. The van der Waals surface area contributed by atoms with Gasteiger partial charge in [-0.3, -0.25) is 0 Å². The van der Waals surface area contributed by atoms with Gasteiger partial charge in [0.15, 0.2) is 0 Å².